The van der Waals surface area contributed by atoms with Crippen LogP contribution in [0.5, 0.6) is 5.75 Å². The number of rotatable bonds is 6. The highest BCUT2D eigenvalue weighted by atomic mass is 32.1. The molecule has 0 aliphatic carbocycles. The molecule has 0 saturated heterocycles. The second kappa shape index (κ2) is 6.84. The molecule has 2 heterocycles. The summed E-state index contributed by atoms with van der Waals surface area (Å²) in [4.78, 5) is 17.5. The summed E-state index contributed by atoms with van der Waals surface area (Å²) in [5.41, 5.74) is 2.24. The monoisotopic (exact) mass is 342 g/mol. The van der Waals surface area contributed by atoms with Crippen molar-refractivity contribution in [2.45, 2.75) is 20.4 Å². The van der Waals surface area contributed by atoms with Crippen LogP contribution in [0, 0.1) is 6.92 Å². The van der Waals surface area contributed by atoms with Gasteiger partial charge in [0.25, 0.3) is 5.91 Å². The molecule has 0 bridgehead atoms. The standard InChI is InChI=1S/C17H18N4O2S/c1-11(2)10-23-15-6-4-5-13(7-15)16(22)18-8-14-9-21-17(19-14)24-12(3)20-21/h4-7,9H,1,8,10H2,2-3H3,(H,18,22). The highest BCUT2D eigenvalue weighted by Gasteiger charge is 2.10. The van der Waals surface area contributed by atoms with E-state index in [0.717, 1.165) is 21.2 Å². The molecule has 1 N–H and O–H groups in total. The van der Waals surface area contributed by atoms with Crippen LogP contribution in [0.2, 0.25) is 0 Å². The zero-order valence-electron chi connectivity index (χ0n) is 13.6. The van der Waals surface area contributed by atoms with Gasteiger partial charge < -0.3 is 10.1 Å². The van der Waals surface area contributed by atoms with Gasteiger partial charge in [0.05, 0.1) is 18.4 Å². The van der Waals surface area contributed by atoms with Crippen molar-refractivity contribution in [2.24, 2.45) is 0 Å². The Bertz CT molecular complexity index is 866. The molecule has 0 unspecified atom stereocenters. The van der Waals surface area contributed by atoms with Gasteiger partial charge in [-0.3, -0.25) is 4.79 Å². The lowest BCUT2D eigenvalue weighted by Gasteiger charge is -2.08. The largest absolute Gasteiger partial charge is 0.489 e. The molecular weight excluding hydrogens is 324 g/mol. The van der Waals surface area contributed by atoms with Crippen LogP contribution in [-0.4, -0.2) is 27.1 Å². The summed E-state index contributed by atoms with van der Waals surface area (Å²) in [6.07, 6.45) is 1.82. The maximum atomic E-state index is 12.3. The number of amides is 1. The smallest absolute Gasteiger partial charge is 0.251 e. The molecule has 2 aromatic heterocycles. The molecule has 3 aromatic rings. The van der Waals surface area contributed by atoms with Crippen LogP contribution >= 0.6 is 11.3 Å². The first-order valence-electron chi connectivity index (χ1n) is 7.48. The Balaban J connectivity index is 1.62. The van der Waals surface area contributed by atoms with Crippen molar-refractivity contribution in [1.82, 2.24) is 19.9 Å². The Kier molecular flexibility index (Phi) is 4.61. The predicted octanol–water partition coefficient (Wildman–Crippen LogP) is 2.98. The number of nitrogens with zero attached hydrogens (tertiary/aromatic N) is 3. The summed E-state index contributed by atoms with van der Waals surface area (Å²) in [5, 5.41) is 8.12. The highest BCUT2D eigenvalue weighted by molar-refractivity contribution is 7.16. The Morgan fingerprint density at radius 3 is 3.04 bits per heavy atom. The van der Waals surface area contributed by atoms with E-state index >= 15 is 0 Å². The van der Waals surface area contributed by atoms with Crippen LogP contribution in [0.15, 0.2) is 42.6 Å². The average molecular weight is 342 g/mol. The first-order chi connectivity index (χ1) is 11.5. The number of carbonyl (C=O) groups is 1. The van der Waals surface area contributed by atoms with Crippen LogP contribution < -0.4 is 10.1 Å². The first kappa shape index (κ1) is 16.2. The third-order valence-electron chi connectivity index (χ3n) is 3.21. The van der Waals surface area contributed by atoms with Crippen molar-refractivity contribution < 1.29 is 9.53 Å². The highest BCUT2D eigenvalue weighted by Crippen LogP contribution is 2.15. The molecule has 0 fully saturated rings. The second-order valence-electron chi connectivity index (χ2n) is 5.54. The number of hydrogen-bond donors (Lipinski definition) is 1. The van der Waals surface area contributed by atoms with Crippen LogP contribution in [0.25, 0.3) is 4.96 Å². The van der Waals surface area contributed by atoms with Gasteiger partial charge in [-0.2, -0.15) is 5.10 Å². The SMILES string of the molecule is C=C(C)COc1cccc(C(=O)NCc2cn3nc(C)sc3n2)c1. The zero-order valence-corrected chi connectivity index (χ0v) is 14.4. The van der Waals surface area contributed by atoms with Gasteiger partial charge in [-0.25, -0.2) is 9.50 Å². The van der Waals surface area contributed by atoms with Crippen molar-refractivity contribution in [1.29, 1.82) is 0 Å². The van der Waals surface area contributed by atoms with Crippen LogP contribution in [0.4, 0.5) is 0 Å². The summed E-state index contributed by atoms with van der Waals surface area (Å²) >= 11 is 1.52. The van der Waals surface area contributed by atoms with E-state index in [2.05, 4.69) is 22.0 Å². The fourth-order valence-corrected chi connectivity index (χ4v) is 2.88. The van der Waals surface area contributed by atoms with Gasteiger partial charge in [0.1, 0.15) is 17.4 Å². The normalized spacial score (nSPS) is 10.8. The second-order valence-corrected chi connectivity index (χ2v) is 6.70. The maximum Gasteiger partial charge on any atom is 0.251 e. The molecule has 0 aliphatic rings. The number of hydrogen-bond acceptors (Lipinski definition) is 5. The third-order valence-corrected chi connectivity index (χ3v) is 4.04. The number of nitrogens with one attached hydrogen (secondary N) is 1. The fourth-order valence-electron chi connectivity index (χ4n) is 2.14. The quantitative estimate of drug-likeness (QED) is 0.699. The number of aryl methyl sites for hydroxylation is 1. The van der Waals surface area contributed by atoms with Crippen LogP contribution in [0.3, 0.4) is 0 Å². The lowest BCUT2D eigenvalue weighted by Crippen LogP contribution is -2.23. The minimum atomic E-state index is -0.170. The van der Waals surface area contributed by atoms with Gasteiger partial charge in [0.2, 0.25) is 4.96 Å². The van der Waals surface area contributed by atoms with E-state index in [0.29, 0.717) is 24.5 Å². The van der Waals surface area contributed by atoms with Crippen LogP contribution in [0.1, 0.15) is 28.0 Å². The summed E-state index contributed by atoms with van der Waals surface area (Å²) in [6.45, 7) is 8.40. The van der Waals surface area contributed by atoms with Crippen molar-refractivity contribution in [3.05, 3.63) is 58.9 Å². The Labute approximate surface area is 143 Å². The van der Waals surface area contributed by atoms with Crippen LogP contribution in [-0.2, 0) is 6.54 Å². The molecule has 124 valence electrons. The Morgan fingerprint density at radius 1 is 1.46 bits per heavy atom. The number of aromatic nitrogens is 3. The van der Waals surface area contributed by atoms with E-state index in [9.17, 15) is 4.79 Å². The van der Waals surface area contributed by atoms with E-state index < -0.39 is 0 Å². The molecule has 24 heavy (non-hydrogen) atoms. The molecule has 0 atom stereocenters. The van der Waals surface area contributed by atoms with Gasteiger partial charge in [-0.05, 0) is 37.6 Å². The zero-order chi connectivity index (χ0) is 17.1. The van der Waals surface area contributed by atoms with Crippen molar-refractivity contribution in [3.63, 3.8) is 0 Å². The lowest BCUT2D eigenvalue weighted by molar-refractivity contribution is 0.0950. The minimum absolute atomic E-state index is 0.170. The van der Waals surface area contributed by atoms with Gasteiger partial charge in [-0.1, -0.05) is 24.0 Å². The summed E-state index contributed by atoms with van der Waals surface area (Å²) in [5.74, 6) is 0.476. The van der Waals surface area contributed by atoms with Gasteiger partial charge in [0.15, 0.2) is 0 Å². The first-order valence-corrected chi connectivity index (χ1v) is 8.30. The van der Waals surface area contributed by atoms with E-state index in [-0.39, 0.29) is 5.91 Å². The molecule has 0 aliphatic heterocycles. The number of benzene rings is 1. The minimum Gasteiger partial charge on any atom is -0.489 e. The molecule has 1 aromatic carbocycles. The molecule has 6 nitrogen and oxygen atoms in total. The Morgan fingerprint density at radius 2 is 2.29 bits per heavy atom. The number of carbonyl (C=O) groups excluding carboxylic acids is 1. The maximum absolute atomic E-state index is 12.3. The molecule has 3 rings (SSSR count). The molecule has 1 amide bonds. The van der Waals surface area contributed by atoms with Crippen molar-refractivity contribution in [2.75, 3.05) is 6.61 Å². The summed E-state index contributed by atoms with van der Waals surface area (Å²) in [7, 11) is 0. The number of imidazole rings is 1. The van der Waals surface area contributed by atoms with Gasteiger partial charge in [0, 0.05) is 5.56 Å². The molecule has 7 heteroatoms. The lowest BCUT2D eigenvalue weighted by atomic mass is 10.2. The molecule has 0 radical (unpaired) electrons. The van der Waals surface area contributed by atoms with Crippen molar-refractivity contribution in [3.8, 4) is 5.75 Å². The van der Waals surface area contributed by atoms with E-state index in [4.69, 9.17) is 4.74 Å². The molecular formula is C17H18N4O2S. The fraction of sp³-hybridized carbons (Fsp3) is 0.235. The predicted molar refractivity (Wildman–Crippen MR) is 93.5 cm³/mol. The van der Waals surface area contributed by atoms with Crippen molar-refractivity contribution >= 4 is 22.2 Å². The summed E-state index contributed by atoms with van der Waals surface area (Å²) < 4.78 is 7.29. The Hall–Kier alpha value is -2.67. The average Bonchev–Trinajstić information content (AvgIpc) is 3.07. The van der Waals surface area contributed by atoms with Gasteiger partial charge >= 0.3 is 0 Å². The third kappa shape index (κ3) is 3.80. The molecule has 0 spiro atoms. The topological polar surface area (TPSA) is 68.5 Å². The molecule has 0 saturated carbocycles. The number of ether oxygens (including phenoxy) is 1. The summed E-state index contributed by atoms with van der Waals surface area (Å²) in [6, 6.07) is 7.08. The van der Waals surface area contributed by atoms with Gasteiger partial charge in [-0.15, -0.1) is 0 Å². The van der Waals surface area contributed by atoms with E-state index in [1.165, 1.54) is 11.3 Å². The van der Waals surface area contributed by atoms with E-state index in [1.54, 1.807) is 22.7 Å². The van der Waals surface area contributed by atoms with E-state index in [1.807, 2.05) is 26.1 Å². The number of fused-ring (bicyclic) bond motifs is 1.